The van der Waals surface area contributed by atoms with Gasteiger partial charge in [-0.15, -0.1) is 0 Å². The van der Waals surface area contributed by atoms with Crippen LogP contribution in [0.4, 0.5) is 5.69 Å². The Morgan fingerprint density at radius 2 is 1.69 bits per heavy atom. The molecule has 36 heavy (non-hydrogen) atoms. The summed E-state index contributed by atoms with van der Waals surface area (Å²) in [4.78, 5) is 27.8. The number of hydrogen-bond donors (Lipinski definition) is 0. The Hall–Kier alpha value is -2.91. The molecular weight excluding hydrogens is 480 g/mol. The van der Waals surface area contributed by atoms with Gasteiger partial charge in [0, 0.05) is 6.04 Å². The van der Waals surface area contributed by atoms with Gasteiger partial charge in [-0.1, -0.05) is 49.1 Å². The standard InChI is InChI=1S/C27H34N2O6S/c1-18-14-19(2)26(20(3)15-18)36(32,33)29(21-10-6-5-7-11-21)17-25(30)28-16-24(27(31)34-4)35-23-13-9-8-12-22(23)28/h8-9,12-15,21,24H,5-7,10-11,16-17H2,1-4H3/t24-/m0/s1. The SMILES string of the molecule is COC(=O)[C@@H]1CN(C(=O)CN(C2CCCCC2)S(=O)(=O)c2c(C)cc(C)cc2C)c2ccccc2O1. The predicted octanol–water partition coefficient (Wildman–Crippen LogP) is 3.90. The van der Waals surface area contributed by atoms with Crippen molar-refractivity contribution in [2.45, 2.75) is 69.9 Å². The van der Waals surface area contributed by atoms with Crippen molar-refractivity contribution >= 4 is 27.6 Å². The van der Waals surface area contributed by atoms with Crippen LogP contribution in [0, 0.1) is 20.8 Å². The fourth-order valence-electron chi connectivity index (χ4n) is 5.41. The third-order valence-corrected chi connectivity index (χ3v) is 9.19. The predicted molar refractivity (Wildman–Crippen MR) is 137 cm³/mol. The van der Waals surface area contributed by atoms with E-state index in [1.807, 2.05) is 19.1 Å². The van der Waals surface area contributed by atoms with E-state index in [9.17, 15) is 18.0 Å². The van der Waals surface area contributed by atoms with Crippen LogP contribution in [0.25, 0.3) is 0 Å². The van der Waals surface area contributed by atoms with Crippen molar-refractivity contribution in [1.82, 2.24) is 4.31 Å². The Bertz CT molecular complexity index is 1230. The highest BCUT2D eigenvalue weighted by atomic mass is 32.2. The minimum absolute atomic E-state index is 0.0519. The Morgan fingerprint density at radius 1 is 1.06 bits per heavy atom. The molecule has 1 fully saturated rings. The molecule has 9 heteroatoms. The topological polar surface area (TPSA) is 93.2 Å². The maximum absolute atomic E-state index is 14.1. The van der Waals surface area contributed by atoms with E-state index in [1.54, 1.807) is 38.1 Å². The monoisotopic (exact) mass is 514 g/mol. The molecule has 0 spiro atoms. The number of nitrogens with zero attached hydrogens (tertiary/aromatic N) is 2. The highest BCUT2D eigenvalue weighted by molar-refractivity contribution is 7.89. The van der Waals surface area contributed by atoms with Crippen LogP contribution in [0.3, 0.4) is 0 Å². The number of amides is 1. The molecular formula is C27H34N2O6S. The van der Waals surface area contributed by atoms with Gasteiger partial charge in [-0.3, -0.25) is 4.79 Å². The van der Waals surface area contributed by atoms with Crippen LogP contribution in [-0.2, 0) is 24.3 Å². The van der Waals surface area contributed by atoms with Crippen molar-refractivity contribution in [1.29, 1.82) is 0 Å². The first-order valence-electron chi connectivity index (χ1n) is 12.4. The molecule has 0 saturated heterocycles. The number of anilines is 1. The maximum Gasteiger partial charge on any atom is 0.348 e. The minimum atomic E-state index is -3.96. The molecule has 2 aromatic rings. The number of fused-ring (bicyclic) bond motifs is 1. The summed E-state index contributed by atoms with van der Waals surface area (Å²) in [5, 5.41) is 0. The largest absolute Gasteiger partial charge is 0.475 e. The number of carbonyl (C=O) groups excluding carboxylic acids is 2. The lowest BCUT2D eigenvalue weighted by Crippen LogP contribution is -2.52. The van der Waals surface area contributed by atoms with Gasteiger partial charge in [-0.25, -0.2) is 13.2 Å². The second kappa shape index (κ2) is 10.6. The van der Waals surface area contributed by atoms with E-state index >= 15 is 0 Å². The zero-order chi connectivity index (χ0) is 26.0. The van der Waals surface area contributed by atoms with E-state index in [0.717, 1.165) is 24.8 Å². The van der Waals surface area contributed by atoms with E-state index in [1.165, 1.54) is 16.3 Å². The number of benzene rings is 2. The van der Waals surface area contributed by atoms with Crippen LogP contribution in [0.15, 0.2) is 41.3 Å². The number of rotatable bonds is 6. The number of hydrogen-bond acceptors (Lipinski definition) is 6. The Kier molecular flexibility index (Phi) is 7.70. The number of methoxy groups -OCH3 is 1. The van der Waals surface area contributed by atoms with Crippen LogP contribution >= 0.6 is 0 Å². The van der Waals surface area contributed by atoms with Gasteiger partial charge in [0.1, 0.15) is 5.75 Å². The average Bonchev–Trinajstić information content (AvgIpc) is 2.85. The van der Waals surface area contributed by atoms with Crippen molar-refractivity contribution in [2.24, 2.45) is 0 Å². The second-order valence-corrected chi connectivity index (χ2v) is 11.5. The average molecular weight is 515 g/mol. The summed E-state index contributed by atoms with van der Waals surface area (Å²) in [6.45, 7) is 5.16. The molecule has 2 aromatic carbocycles. The fourth-order valence-corrected chi connectivity index (χ4v) is 7.46. The molecule has 2 aliphatic rings. The molecule has 1 aliphatic heterocycles. The summed E-state index contributed by atoms with van der Waals surface area (Å²) in [6, 6.07) is 10.4. The first-order chi connectivity index (χ1) is 17.1. The fraction of sp³-hybridized carbons (Fsp3) is 0.481. The van der Waals surface area contributed by atoms with Crippen LogP contribution in [0.1, 0.15) is 48.8 Å². The van der Waals surface area contributed by atoms with Crippen molar-refractivity contribution < 1.29 is 27.5 Å². The highest BCUT2D eigenvalue weighted by Crippen LogP contribution is 2.35. The van der Waals surface area contributed by atoms with Crippen molar-refractivity contribution in [3.05, 3.63) is 53.1 Å². The minimum Gasteiger partial charge on any atom is -0.475 e. The summed E-state index contributed by atoms with van der Waals surface area (Å²) in [5.41, 5.74) is 2.83. The maximum atomic E-state index is 14.1. The van der Waals surface area contributed by atoms with Crippen molar-refractivity contribution in [3.8, 4) is 5.75 Å². The molecule has 0 aromatic heterocycles. The normalized spacial score (nSPS) is 18.5. The number of esters is 1. The molecule has 8 nitrogen and oxygen atoms in total. The molecule has 0 bridgehead atoms. The lowest BCUT2D eigenvalue weighted by molar-refractivity contribution is -0.148. The van der Waals surface area contributed by atoms with Gasteiger partial charge in [0.25, 0.3) is 0 Å². The zero-order valence-corrected chi connectivity index (χ0v) is 22.1. The van der Waals surface area contributed by atoms with E-state index in [2.05, 4.69) is 0 Å². The Labute approximate surface area is 213 Å². The van der Waals surface area contributed by atoms with E-state index in [4.69, 9.17) is 9.47 Å². The Morgan fingerprint density at radius 3 is 2.33 bits per heavy atom. The summed E-state index contributed by atoms with van der Waals surface area (Å²) < 4.78 is 40.3. The smallest absolute Gasteiger partial charge is 0.348 e. The van der Waals surface area contributed by atoms with E-state index < -0.39 is 28.0 Å². The molecule has 4 rings (SSSR count). The van der Waals surface area contributed by atoms with Gasteiger partial charge < -0.3 is 14.4 Å². The third kappa shape index (κ3) is 5.13. The quantitative estimate of drug-likeness (QED) is 0.543. The third-order valence-electron chi connectivity index (χ3n) is 6.98. The molecule has 0 unspecified atom stereocenters. The molecule has 194 valence electrons. The summed E-state index contributed by atoms with van der Waals surface area (Å²) in [6.07, 6.45) is 3.32. The van der Waals surface area contributed by atoms with Gasteiger partial charge >= 0.3 is 5.97 Å². The lowest BCUT2D eigenvalue weighted by atomic mass is 9.95. The van der Waals surface area contributed by atoms with Crippen LogP contribution in [0.2, 0.25) is 0 Å². The number of aryl methyl sites for hydroxylation is 3. The van der Waals surface area contributed by atoms with Crippen molar-refractivity contribution in [3.63, 3.8) is 0 Å². The Balaban J connectivity index is 1.72. The van der Waals surface area contributed by atoms with Crippen LogP contribution in [0.5, 0.6) is 5.75 Å². The van der Waals surface area contributed by atoms with E-state index in [-0.39, 0.29) is 24.0 Å². The molecule has 1 saturated carbocycles. The van der Waals surface area contributed by atoms with Gasteiger partial charge in [0.05, 0.1) is 30.8 Å². The number of ether oxygens (including phenoxy) is 2. The lowest BCUT2D eigenvalue weighted by Gasteiger charge is -2.37. The van der Waals surface area contributed by atoms with Crippen molar-refractivity contribution in [2.75, 3.05) is 25.1 Å². The molecule has 0 radical (unpaired) electrons. The second-order valence-electron chi connectivity index (χ2n) is 9.67. The molecule has 1 aliphatic carbocycles. The zero-order valence-electron chi connectivity index (χ0n) is 21.3. The van der Waals surface area contributed by atoms with Gasteiger partial charge in [0.15, 0.2) is 0 Å². The summed E-state index contributed by atoms with van der Waals surface area (Å²) in [7, 11) is -2.70. The van der Waals surface area contributed by atoms with E-state index in [0.29, 0.717) is 35.4 Å². The number of carbonyl (C=O) groups is 2. The summed E-state index contributed by atoms with van der Waals surface area (Å²) in [5.74, 6) is -0.619. The van der Waals surface area contributed by atoms with Crippen LogP contribution < -0.4 is 9.64 Å². The molecule has 0 N–H and O–H groups in total. The number of para-hydroxylation sites is 2. The molecule has 1 amide bonds. The first-order valence-corrected chi connectivity index (χ1v) is 13.8. The number of sulfonamides is 1. The molecule has 1 atom stereocenters. The van der Waals surface area contributed by atoms with Crippen LogP contribution in [-0.4, -0.2) is 56.9 Å². The first kappa shape index (κ1) is 26.2. The van der Waals surface area contributed by atoms with Gasteiger partial charge in [-0.2, -0.15) is 4.31 Å². The molecule has 1 heterocycles. The highest BCUT2D eigenvalue weighted by Gasteiger charge is 2.39. The summed E-state index contributed by atoms with van der Waals surface area (Å²) >= 11 is 0. The van der Waals surface area contributed by atoms with Gasteiger partial charge in [0.2, 0.25) is 22.0 Å². The van der Waals surface area contributed by atoms with Gasteiger partial charge in [-0.05, 0) is 56.9 Å².